The molecule has 1 aromatic heterocycles. The number of thiophene rings is 1. The molecule has 6 rings (SSSR count). The maximum absolute atomic E-state index is 12.3. The van der Waals surface area contributed by atoms with E-state index in [1.54, 1.807) is 0 Å². The SMILES string of the molecule is COC(=O)c1cc(-c2ccccc2)sc1NC(=S)NCC12CC3CC(CC(C3)C1)C2. The Morgan fingerprint density at radius 1 is 1.13 bits per heavy atom. The zero-order valence-electron chi connectivity index (χ0n) is 17.3. The largest absolute Gasteiger partial charge is 0.465 e. The first kappa shape index (κ1) is 20.0. The van der Waals surface area contributed by atoms with E-state index in [0.717, 1.165) is 39.7 Å². The summed E-state index contributed by atoms with van der Waals surface area (Å²) in [4.78, 5) is 13.3. The van der Waals surface area contributed by atoms with E-state index in [9.17, 15) is 4.79 Å². The van der Waals surface area contributed by atoms with Gasteiger partial charge in [0.25, 0.3) is 0 Å². The summed E-state index contributed by atoms with van der Waals surface area (Å²) in [6.07, 6.45) is 8.38. The van der Waals surface area contributed by atoms with E-state index >= 15 is 0 Å². The number of methoxy groups -OCH3 is 1. The van der Waals surface area contributed by atoms with Crippen LogP contribution in [0.5, 0.6) is 0 Å². The van der Waals surface area contributed by atoms with Gasteiger partial charge in [0.05, 0.1) is 12.7 Å². The smallest absolute Gasteiger partial charge is 0.340 e. The van der Waals surface area contributed by atoms with Crippen LogP contribution in [-0.2, 0) is 4.74 Å². The van der Waals surface area contributed by atoms with Gasteiger partial charge in [-0.25, -0.2) is 4.79 Å². The summed E-state index contributed by atoms with van der Waals surface area (Å²) < 4.78 is 5.00. The normalized spacial score (nSPS) is 28.9. The number of ether oxygens (including phenoxy) is 1. The quantitative estimate of drug-likeness (QED) is 0.461. The number of hydrogen-bond acceptors (Lipinski definition) is 4. The van der Waals surface area contributed by atoms with E-state index in [0.29, 0.717) is 16.1 Å². The topological polar surface area (TPSA) is 50.4 Å². The van der Waals surface area contributed by atoms with Crippen molar-refractivity contribution in [2.45, 2.75) is 38.5 Å². The molecule has 30 heavy (non-hydrogen) atoms. The molecule has 0 amide bonds. The van der Waals surface area contributed by atoms with E-state index < -0.39 is 0 Å². The first-order chi connectivity index (χ1) is 14.5. The van der Waals surface area contributed by atoms with Gasteiger partial charge in [0.2, 0.25) is 0 Å². The Hall–Kier alpha value is -1.92. The third kappa shape index (κ3) is 3.87. The number of rotatable bonds is 5. The molecule has 0 atom stereocenters. The summed E-state index contributed by atoms with van der Waals surface area (Å²) in [6.45, 7) is 0.937. The van der Waals surface area contributed by atoms with Crippen LogP contribution in [0.4, 0.5) is 5.00 Å². The van der Waals surface area contributed by atoms with Gasteiger partial charge < -0.3 is 15.4 Å². The van der Waals surface area contributed by atoms with Crippen LogP contribution in [0.15, 0.2) is 36.4 Å². The van der Waals surface area contributed by atoms with Gasteiger partial charge in [0, 0.05) is 11.4 Å². The number of hydrogen-bond donors (Lipinski definition) is 2. The average Bonchev–Trinajstić information content (AvgIpc) is 3.15. The number of anilines is 1. The average molecular weight is 441 g/mol. The van der Waals surface area contributed by atoms with Crippen molar-refractivity contribution in [1.29, 1.82) is 0 Å². The lowest BCUT2D eigenvalue weighted by molar-refractivity contribution is -0.0490. The lowest BCUT2D eigenvalue weighted by atomic mass is 9.49. The third-order valence-corrected chi connectivity index (χ3v) is 8.56. The third-order valence-electron chi connectivity index (χ3n) is 7.21. The Balaban J connectivity index is 1.28. The summed E-state index contributed by atoms with van der Waals surface area (Å²) >= 11 is 7.16. The maximum Gasteiger partial charge on any atom is 0.340 e. The first-order valence-corrected chi connectivity index (χ1v) is 12.1. The lowest BCUT2D eigenvalue weighted by Gasteiger charge is -2.57. The van der Waals surface area contributed by atoms with Crippen molar-refractivity contribution in [3.05, 3.63) is 42.0 Å². The Labute approximate surface area is 187 Å². The monoisotopic (exact) mass is 440 g/mol. The zero-order chi connectivity index (χ0) is 20.7. The van der Waals surface area contributed by atoms with Crippen molar-refractivity contribution in [3.8, 4) is 10.4 Å². The maximum atomic E-state index is 12.3. The molecule has 1 aromatic carbocycles. The van der Waals surface area contributed by atoms with Gasteiger partial charge in [-0.3, -0.25) is 0 Å². The van der Waals surface area contributed by atoms with Crippen LogP contribution in [-0.4, -0.2) is 24.7 Å². The van der Waals surface area contributed by atoms with E-state index in [2.05, 4.69) is 10.6 Å². The molecule has 4 aliphatic rings. The number of esters is 1. The fraction of sp³-hybridized carbons (Fsp3) is 0.500. The zero-order valence-corrected chi connectivity index (χ0v) is 18.9. The van der Waals surface area contributed by atoms with Crippen molar-refractivity contribution in [2.24, 2.45) is 23.2 Å². The Bertz CT molecular complexity index is 918. The first-order valence-electron chi connectivity index (χ1n) is 10.9. The lowest BCUT2D eigenvalue weighted by Crippen LogP contribution is -2.51. The highest BCUT2D eigenvalue weighted by Crippen LogP contribution is 2.59. The molecule has 2 aromatic rings. The molecule has 4 fully saturated rings. The molecule has 4 bridgehead atoms. The molecule has 0 saturated heterocycles. The Kier molecular flexibility index (Phi) is 5.31. The minimum atomic E-state index is -0.347. The summed E-state index contributed by atoms with van der Waals surface area (Å²) in [7, 11) is 1.41. The van der Waals surface area contributed by atoms with Crippen LogP contribution in [0, 0.1) is 23.2 Å². The summed E-state index contributed by atoms with van der Waals surface area (Å²) in [6, 6.07) is 12.0. The van der Waals surface area contributed by atoms with Crippen LogP contribution in [0.3, 0.4) is 0 Å². The van der Waals surface area contributed by atoms with E-state index in [4.69, 9.17) is 17.0 Å². The second kappa shape index (κ2) is 7.97. The van der Waals surface area contributed by atoms with Crippen molar-refractivity contribution in [2.75, 3.05) is 19.0 Å². The van der Waals surface area contributed by atoms with Gasteiger partial charge in [-0.15, -0.1) is 11.3 Å². The fourth-order valence-corrected chi connectivity index (χ4v) is 7.71. The van der Waals surface area contributed by atoms with Gasteiger partial charge in [0.15, 0.2) is 5.11 Å². The van der Waals surface area contributed by atoms with Gasteiger partial charge in [0.1, 0.15) is 5.00 Å². The minimum Gasteiger partial charge on any atom is -0.465 e. The van der Waals surface area contributed by atoms with Crippen molar-refractivity contribution < 1.29 is 9.53 Å². The fourth-order valence-electron chi connectivity index (χ4n) is 6.41. The molecule has 158 valence electrons. The molecule has 6 heteroatoms. The van der Waals surface area contributed by atoms with Crippen LogP contribution in [0.2, 0.25) is 0 Å². The van der Waals surface area contributed by atoms with Crippen LogP contribution in [0.25, 0.3) is 10.4 Å². The van der Waals surface area contributed by atoms with E-state index in [1.165, 1.54) is 57.0 Å². The standard InChI is InChI=1S/C24H28N2O2S2/c1-28-22(27)19-10-20(18-5-3-2-4-6-18)30-21(19)26-23(29)25-14-24-11-15-7-16(12-24)9-17(8-15)13-24/h2-6,10,15-17H,7-9,11-14H2,1H3,(H2,25,26,29). The van der Waals surface area contributed by atoms with Crippen LogP contribution < -0.4 is 10.6 Å². The second-order valence-corrected chi connectivity index (χ2v) is 10.9. The number of benzene rings is 1. The van der Waals surface area contributed by atoms with Gasteiger partial charge >= 0.3 is 5.97 Å². The number of carbonyl (C=O) groups is 1. The summed E-state index contributed by atoms with van der Waals surface area (Å²) in [5.74, 6) is 2.43. The predicted molar refractivity (Wildman–Crippen MR) is 126 cm³/mol. The summed E-state index contributed by atoms with van der Waals surface area (Å²) in [5.41, 5.74) is 2.02. The molecule has 0 radical (unpaired) electrons. The molecule has 0 aliphatic heterocycles. The molecule has 4 aliphatic carbocycles. The molecular formula is C24H28N2O2S2. The predicted octanol–water partition coefficient (Wildman–Crippen LogP) is 5.70. The van der Waals surface area contributed by atoms with Crippen LogP contribution >= 0.6 is 23.6 Å². The molecular weight excluding hydrogens is 412 g/mol. The Morgan fingerprint density at radius 3 is 2.37 bits per heavy atom. The highest BCUT2D eigenvalue weighted by Gasteiger charge is 2.50. The minimum absolute atomic E-state index is 0.347. The number of thiocarbonyl (C=S) groups is 1. The second-order valence-electron chi connectivity index (χ2n) is 9.44. The highest BCUT2D eigenvalue weighted by molar-refractivity contribution is 7.80. The van der Waals surface area contributed by atoms with Crippen molar-refractivity contribution >= 4 is 39.6 Å². The van der Waals surface area contributed by atoms with Gasteiger partial charge in [-0.05, 0) is 85.5 Å². The number of carbonyl (C=O) groups excluding carboxylic acids is 1. The molecule has 2 N–H and O–H groups in total. The molecule has 4 nitrogen and oxygen atoms in total. The summed E-state index contributed by atoms with van der Waals surface area (Å²) in [5, 5.41) is 8.12. The molecule has 0 unspecified atom stereocenters. The highest BCUT2D eigenvalue weighted by atomic mass is 32.1. The van der Waals surface area contributed by atoms with Gasteiger partial charge in [-0.1, -0.05) is 30.3 Å². The molecule has 1 heterocycles. The van der Waals surface area contributed by atoms with Crippen molar-refractivity contribution in [1.82, 2.24) is 5.32 Å². The number of nitrogens with one attached hydrogen (secondary N) is 2. The van der Waals surface area contributed by atoms with Crippen molar-refractivity contribution in [3.63, 3.8) is 0 Å². The van der Waals surface area contributed by atoms with E-state index in [1.807, 2.05) is 36.4 Å². The van der Waals surface area contributed by atoms with Gasteiger partial charge in [-0.2, -0.15) is 0 Å². The Morgan fingerprint density at radius 2 is 1.77 bits per heavy atom. The molecule has 4 saturated carbocycles. The van der Waals surface area contributed by atoms with E-state index in [-0.39, 0.29) is 5.97 Å². The molecule has 0 spiro atoms. The van der Waals surface area contributed by atoms with Crippen LogP contribution in [0.1, 0.15) is 48.9 Å².